The van der Waals surface area contributed by atoms with E-state index in [-0.39, 0.29) is 38.9 Å². The van der Waals surface area contributed by atoms with Gasteiger partial charge in [-0.25, -0.2) is 14.3 Å². The van der Waals surface area contributed by atoms with Crippen LogP contribution in [0, 0.1) is 5.41 Å². The molecule has 0 N–H and O–H groups in total. The molecule has 0 bridgehead atoms. The molecule has 2 amide bonds. The molecule has 1 aromatic rings. The molecular formula is C20H31N2O6+. The third kappa shape index (κ3) is 8.04. The molecule has 0 aliphatic rings. The number of pyridine rings is 1. The van der Waals surface area contributed by atoms with Crippen molar-refractivity contribution in [3.05, 3.63) is 30.1 Å². The summed E-state index contributed by atoms with van der Waals surface area (Å²) in [6.07, 6.45) is 1.17. The number of aryl methyl sites for hydroxylation is 1. The van der Waals surface area contributed by atoms with Crippen LogP contribution < -0.4 is 4.57 Å². The van der Waals surface area contributed by atoms with Crippen LogP contribution in [-0.2, 0) is 36.9 Å². The van der Waals surface area contributed by atoms with Crippen molar-refractivity contribution in [1.29, 1.82) is 0 Å². The van der Waals surface area contributed by atoms with E-state index in [4.69, 9.17) is 14.2 Å². The molecule has 0 saturated carbocycles. The number of amides is 2. The maximum atomic E-state index is 12.2. The van der Waals surface area contributed by atoms with E-state index in [1.807, 2.05) is 35.9 Å². The van der Waals surface area contributed by atoms with Crippen LogP contribution in [0.3, 0.4) is 0 Å². The lowest BCUT2D eigenvalue weighted by Crippen LogP contribution is -2.43. The van der Waals surface area contributed by atoms with Crippen LogP contribution in [0.2, 0.25) is 0 Å². The molecule has 0 saturated heterocycles. The van der Waals surface area contributed by atoms with Crippen LogP contribution in [-0.4, -0.2) is 49.3 Å². The van der Waals surface area contributed by atoms with Crippen molar-refractivity contribution < 1.29 is 33.2 Å². The topological polar surface area (TPSA) is 86.0 Å². The largest absolute Gasteiger partial charge is 0.463 e. The van der Waals surface area contributed by atoms with Crippen molar-refractivity contribution >= 4 is 18.0 Å². The number of imide groups is 1. The quantitative estimate of drug-likeness (QED) is 0.362. The molecule has 1 heterocycles. The van der Waals surface area contributed by atoms with E-state index in [1.54, 1.807) is 20.8 Å². The second-order valence-corrected chi connectivity index (χ2v) is 7.20. The first-order valence-electron chi connectivity index (χ1n) is 9.34. The molecule has 1 aromatic heterocycles. The average molecular weight is 395 g/mol. The Balaban J connectivity index is 2.37. The number of esters is 1. The molecule has 0 spiro atoms. The van der Waals surface area contributed by atoms with Crippen LogP contribution >= 0.6 is 0 Å². The molecule has 156 valence electrons. The molecule has 1 rings (SSSR count). The van der Waals surface area contributed by atoms with Gasteiger partial charge in [0.1, 0.15) is 26.3 Å². The summed E-state index contributed by atoms with van der Waals surface area (Å²) in [5.74, 6) is -0.698. The summed E-state index contributed by atoms with van der Waals surface area (Å²) in [5.41, 5.74) is 0.273. The van der Waals surface area contributed by atoms with Crippen molar-refractivity contribution in [2.45, 2.75) is 47.7 Å². The first-order chi connectivity index (χ1) is 13.2. The lowest BCUT2D eigenvalue weighted by molar-refractivity contribution is -0.701. The molecule has 0 unspecified atom stereocenters. The van der Waals surface area contributed by atoms with Crippen molar-refractivity contribution in [1.82, 2.24) is 4.90 Å². The van der Waals surface area contributed by atoms with Gasteiger partial charge in [0.15, 0.2) is 6.20 Å². The summed E-state index contributed by atoms with van der Waals surface area (Å²) < 4.78 is 17.4. The van der Waals surface area contributed by atoms with Crippen LogP contribution in [0.5, 0.6) is 0 Å². The fourth-order valence-electron chi connectivity index (χ4n) is 2.21. The Morgan fingerprint density at radius 2 is 1.68 bits per heavy atom. The van der Waals surface area contributed by atoms with E-state index in [0.717, 1.165) is 17.1 Å². The summed E-state index contributed by atoms with van der Waals surface area (Å²) in [6, 6.07) is 5.60. The maximum absolute atomic E-state index is 12.2. The third-order valence-electron chi connectivity index (χ3n) is 3.82. The number of carbonyl (C=O) groups excluding carboxylic acids is 3. The van der Waals surface area contributed by atoms with Gasteiger partial charge in [-0.15, -0.1) is 0 Å². The average Bonchev–Trinajstić information content (AvgIpc) is 2.64. The Morgan fingerprint density at radius 3 is 2.25 bits per heavy atom. The number of hydrogen-bond donors (Lipinski definition) is 0. The van der Waals surface area contributed by atoms with Gasteiger partial charge in [-0.1, -0.05) is 6.07 Å². The summed E-state index contributed by atoms with van der Waals surface area (Å²) >= 11 is 0. The van der Waals surface area contributed by atoms with E-state index >= 15 is 0 Å². The first-order valence-corrected chi connectivity index (χ1v) is 9.34. The van der Waals surface area contributed by atoms with Gasteiger partial charge in [-0.3, -0.25) is 9.59 Å². The second-order valence-electron chi connectivity index (χ2n) is 7.20. The number of nitrogens with zero attached hydrogens (tertiary/aromatic N) is 2. The Hall–Kier alpha value is -2.48. The van der Waals surface area contributed by atoms with Crippen LogP contribution in [0.15, 0.2) is 24.4 Å². The van der Waals surface area contributed by atoms with Crippen LogP contribution in [0.25, 0.3) is 0 Å². The van der Waals surface area contributed by atoms with Crippen molar-refractivity contribution in [3.63, 3.8) is 0 Å². The zero-order valence-corrected chi connectivity index (χ0v) is 17.4. The highest BCUT2D eigenvalue weighted by molar-refractivity contribution is 5.90. The second kappa shape index (κ2) is 11.4. The Morgan fingerprint density at radius 1 is 1.04 bits per heavy atom. The lowest BCUT2D eigenvalue weighted by atomic mass is 9.97. The van der Waals surface area contributed by atoms with E-state index in [9.17, 15) is 14.4 Å². The highest BCUT2D eigenvalue weighted by atomic mass is 16.6. The SMILES string of the molecule is CC[n+]1ccccc1CN(C(C)=O)C(=O)OCCOCCOC(=O)C(C)(C)C. The van der Waals surface area contributed by atoms with Gasteiger partial charge < -0.3 is 14.2 Å². The molecule has 0 radical (unpaired) electrons. The number of rotatable bonds is 9. The minimum atomic E-state index is -0.721. The number of hydrogen-bond acceptors (Lipinski definition) is 6. The highest BCUT2D eigenvalue weighted by Gasteiger charge is 2.24. The molecule has 0 fully saturated rings. The van der Waals surface area contributed by atoms with Gasteiger partial charge in [0, 0.05) is 19.1 Å². The highest BCUT2D eigenvalue weighted by Crippen LogP contribution is 2.14. The third-order valence-corrected chi connectivity index (χ3v) is 3.82. The molecule has 8 heteroatoms. The molecule has 0 atom stereocenters. The number of ether oxygens (including phenoxy) is 3. The van der Waals surface area contributed by atoms with Crippen molar-refractivity contribution in [2.75, 3.05) is 26.4 Å². The molecule has 8 nitrogen and oxygen atoms in total. The Kier molecular flexibility index (Phi) is 9.58. The van der Waals surface area contributed by atoms with Gasteiger partial charge in [0.05, 0.1) is 18.6 Å². The fourth-order valence-corrected chi connectivity index (χ4v) is 2.21. The van der Waals surface area contributed by atoms with Gasteiger partial charge >= 0.3 is 12.1 Å². The molecule has 0 aliphatic heterocycles. The van der Waals surface area contributed by atoms with Gasteiger partial charge in [-0.05, 0) is 27.7 Å². The number of carbonyl (C=O) groups is 3. The molecule has 28 heavy (non-hydrogen) atoms. The van der Waals surface area contributed by atoms with Gasteiger partial charge in [-0.2, -0.15) is 0 Å². The van der Waals surface area contributed by atoms with E-state index in [0.29, 0.717) is 0 Å². The summed E-state index contributed by atoms with van der Waals surface area (Å²) in [5, 5.41) is 0. The lowest BCUT2D eigenvalue weighted by Gasteiger charge is -2.18. The predicted molar refractivity (Wildman–Crippen MR) is 101 cm³/mol. The van der Waals surface area contributed by atoms with Crippen LogP contribution in [0.1, 0.15) is 40.3 Å². The maximum Gasteiger partial charge on any atom is 0.417 e. The van der Waals surface area contributed by atoms with Crippen molar-refractivity contribution in [2.24, 2.45) is 5.41 Å². The van der Waals surface area contributed by atoms with Gasteiger partial charge in [0.25, 0.3) is 0 Å². The first kappa shape index (κ1) is 23.6. The van der Waals surface area contributed by atoms with Crippen LogP contribution in [0.4, 0.5) is 4.79 Å². The number of aromatic nitrogens is 1. The summed E-state index contributed by atoms with van der Waals surface area (Å²) in [6.45, 7) is 9.96. The van der Waals surface area contributed by atoms with E-state index in [1.165, 1.54) is 6.92 Å². The Bertz CT molecular complexity index is 669. The van der Waals surface area contributed by atoms with E-state index in [2.05, 4.69) is 0 Å². The fraction of sp³-hybridized carbons (Fsp3) is 0.600. The summed E-state index contributed by atoms with van der Waals surface area (Å²) in [4.78, 5) is 36.7. The summed E-state index contributed by atoms with van der Waals surface area (Å²) in [7, 11) is 0. The minimum absolute atomic E-state index is 0.00159. The minimum Gasteiger partial charge on any atom is -0.463 e. The predicted octanol–water partition coefficient (Wildman–Crippen LogP) is 2.08. The Labute approximate surface area is 166 Å². The molecular weight excluding hydrogens is 364 g/mol. The molecule has 0 aliphatic carbocycles. The monoisotopic (exact) mass is 395 g/mol. The van der Waals surface area contributed by atoms with Crippen molar-refractivity contribution in [3.8, 4) is 0 Å². The standard InChI is InChI=1S/C20H31N2O6/c1-6-21-10-8-7-9-17(21)15-22(16(2)23)19(25)28-14-12-26-11-13-27-18(24)20(3,4)5/h7-10H,6,11-15H2,1-5H3/q+1. The van der Waals surface area contributed by atoms with E-state index < -0.39 is 17.4 Å². The molecule has 0 aromatic carbocycles. The normalized spacial score (nSPS) is 11.0. The van der Waals surface area contributed by atoms with Gasteiger partial charge in [0.2, 0.25) is 11.6 Å². The zero-order chi connectivity index (χ0) is 21.2. The smallest absolute Gasteiger partial charge is 0.417 e. The zero-order valence-electron chi connectivity index (χ0n) is 17.4.